The molecule has 0 N–H and O–H groups in total. The molecule has 2 radical (unpaired) electrons. The molecule has 22 heavy (non-hydrogen) atoms. The molecule has 0 aliphatic rings. The Bertz CT molecular complexity index is 973. The zero-order chi connectivity index (χ0) is 15.7. The average Bonchev–Trinajstić information content (AvgIpc) is 2.94. The van der Waals surface area contributed by atoms with E-state index in [9.17, 15) is 4.79 Å². The van der Waals surface area contributed by atoms with Crippen LogP contribution in [-0.4, -0.2) is 22.2 Å². The van der Waals surface area contributed by atoms with Crippen molar-refractivity contribution in [3.63, 3.8) is 0 Å². The van der Waals surface area contributed by atoms with Crippen molar-refractivity contribution >= 4 is 18.8 Å². The van der Waals surface area contributed by atoms with Gasteiger partial charge in [-0.2, -0.15) is 5.10 Å². The normalized spacial score (nSPS) is 10.5. The van der Waals surface area contributed by atoms with Crippen LogP contribution in [0.15, 0.2) is 41.5 Å². The van der Waals surface area contributed by atoms with Crippen LogP contribution in [0.25, 0.3) is 10.8 Å². The molecule has 0 saturated carbocycles. The van der Waals surface area contributed by atoms with Gasteiger partial charge >= 0.3 is 0 Å². The molecule has 106 valence electrons. The standard InChI is InChI=1S/C17H14BN3O/c1-3-15-9-14-6-4-5-13(16(14)17(22)21(15)18)8-7-12-10-19-20(2)11-12/h4-6,9-11H,3H2,1-2H3. The lowest BCUT2D eigenvalue weighted by molar-refractivity contribution is 0.767. The molecule has 3 aromatic rings. The molecule has 2 aromatic heterocycles. The third-order valence-corrected chi connectivity index (χ3v) is 3.57. The van der Waals surface area contributed by atoms with Crippen molar-refractivity contribution in [3.05, 3.63) is 63.8 Å². The SMILES string of the molecule is [B]n1c(CC)cc2cccc(C#Cc3cnn(C)c3)c2c1=O. The van der Waals surface area contributed by atoms with Crippen LogP contribution in [0.2, 0.25) is 0 Å². The van der Waals surface area contributed by atoms with Gasteiger partial charge in [0.15, 0.2) is 0 Å². The average molecular weight is 287 g/mol. The van der Waals surface area contributed by atoms with Gasteiger partial charge in [0.1, 0.15) is 0 Å². The minimum Gasteiger partial charge on any atom is -0.368 e. The summed E-state index contributed by atoms with van der Waals surface area (Å²) >= 11 is 0. The van der Waals surface area contributed by atoms with Gasteiger partial charge in [-0.15, -0.1) is 0 Å². The molecule has 5 heteroatoms. The van der Waals surface area contributed by atoms with Gasteiger partial charge in [-0.3, -0.25) is 9.48 Å². The number of nitrogens with zero attached hydrogens (tertiary/aromatic N) is 3. The molecule has 0 aliphatic heterocycles. The molecule has 0 unspecified atom stereocenters. The highest BCUT2D eigenvalue weighted by molar-refractivity contribution is 6.08. The highest BCUT2D eigenvalue weighted by atomic mass is 16.1. The Hall–Kier alpha value is -2.74. The first-order valence-corrected chi connectivity index (χ1v) is 7.03. The maximum absolute atomic E-state index is 12.5. The molecule has 3 rings (SSSR count). The molecule has 2 heterocycles. The van der Waals surface area contributed by atoms with Gasteiger partial charge in [0.05, 0.1) is 17.1 Å². The molecule has 0 spiro atoms. The fourth-order valence-corrected chi connectivity index (χ4v) is 2.43. The number of hydrogen-bond donors (Lipinski definition) is 0. The molecule has 0 saturated heterocycles. The van der Waals surface area contributed by atoms with Crippen molar-refractivity contribution in [3.8, 4) is 11.8 Å². The first kappa shape index (κ1) is 14.2. The first-order chi connectivity index (χ1) is 10.6. The minimum atomic E-state index is -0.217. The first-order valence-electron chi connectivity index (χ1n) is 7.03. The Balaban J connectivity index is 2.21. The Morgan fingerprint density at radius 3 is 2.82 bits per heavy atom. The second-order valence-electron chi connectivity index (χ2n) is 5.09. The Kier molecular flexibility index (Phi) is 3.60. The van der Waals surface area contributed by atoms with E-state index in [1.54, 1.807) is 10.9 Å². The van der Waals surface area contributed by atoms with Crippen LogP contribution in [-0.2, 0) is 13.5 Å². The van der Waals surface area contributed by atoms with Gasteiger partial charge in [0.2, 0.25) is 13.5 Å². The van der Waals surface area contributed by atoms with Crippen LogP contribution < -0.4 is 5.56 Å². The molecule has 0 aliphatic carbocycles. The summed E-state index contributed by atoms with van der Waals surface area (Å²) in [5, 5.41) is 5.49. The fourth-order valence-electron chi connectivity index (χ4n) is 2.43. The van der Waals surface area contributed by atoms with Crippen LogP contribution in [0, 0.1) is 11.8 Å². The van der Waals surface area contributed by atoms with Gasteiger partial charge in [0, 0.05) is 24.5 Å². The maximum Gasteiger partial charge on any atom is 0.246 e. The monoisotopic (exact) mass is 287 g/mol. The molecule has 0 bridgehead atoms. The summed E-state index contributed by atoms with van der Waals surface area (Å²) in [6, 6.07) is 7.57. The number of benzene rings is 1. The number of rotatable bonds is 1. The summed E-state index contributed by atoms with van der Waals surface area (Å²) in [6.07, 6.45) is 4.22. The second kappa shape index (κ2) is 5.57. The molecule has 1 aromatic carbocycles. The summed E-state index contributed by atoms with van der Waals surface area (Å²) in [7, 11) is 7.72. The van der Waals surface area contributed by atoms with Gasteiger partial charge in [0.25, 0.3) is 0 Å². The summed E-state index contributed by atoms with van der Waals surface area (Å²) in [5.74, 6) is 6.08. The summed E-state index contributed by atoms with van der Waals surface area (Å²) in [5.41, 5.74) is 2.06. The van der Waals surface area contributed by atoms with E-state index < -0.39 is 0 Å². The predicted octanol–water partition coefficient (Wildman–Crippen LogP) is 1.63. The molecule has 0 atom stereocenters. The van der Waals surface area contributed by atoms with Gasteiger partial charge in [-0.05, 0) is 23.9 Å². The molecular weight excluding hydrogens is 273 g/mol. The zero-order valence-corrected chi connectivity index (χ0v) is 12.5. The quantitative estimate of drug-likeness (QED) is 0.504. The summed E-state index contributed by atoms with van der Waals surface area (Å²) < 4.78 is 2.89. The topological polar surface area (TPSA) is 39.8 Å². The van der Waals surface area contributed by atoms with Crippen LogP contribution in [0.4, 0.5) is 0 Å². The number of pyridine rings is 1. The van der Waals surface area contributed by atoms with E-state index in [1.807, 2.05) is 44.4 Å². The summed E-state index contributed by atoms with van der Waals surface area (Å²) in [4.78, 5) is 12.5. The lowest BCUT2D eigenvalue weighted by Gasteiger charge is -2.09. The number of fused-ring (bicyclic) bond motifs is 1. The van der Waals surface area contributed by atoms with Crippen molar-refractivity contribution in [1.82, 2.24) is 14.3 Å². The molecular formula is C17H14BN3O. The Morgan fingerprint density at radius 1 is 1.32 bits per heavy atom. The van der Waals surface area contributed by atoms with Crippen molar-refractivity contribution in [1.29, 1.82) is 0 Å². The van der Waals surface area contributed by atoms with E-state index in [2.05, 4.69) is 16.9 Å². The molecule has 4 nitrogen and oxygen atoms in total. The predicted molar refractivity (Wildman–Crippen MR) is 87.9 cm³/mol. The van der Waals surface area contributed by atoms with Crippen molar-refractivity contribution in [2.75, 3.05) is 0 Å². The Morgan fingerprint density at radius 2 is 2.14 bits per heavy atom. The molecule has 0 amide bonds. The largest absolute Gasteiger partial charge is 0.368 e. The lowest BCUT2D eigenvalue weighted by atomic mass is 10.0. The van der Waals surface area contributed by atoms with Crippen LogP contribution in [0.1, 0.15) is 23.7 Å². The highest BCUT2D eigenvalue weighted by Crippen LogP contribution is 2.16. The smallest absolute Gasteiger partial charge is 0.246 e. The number of aromatic nitrogens is 3. The van der Waals surface area contributed by atoms with Crippen LogP contribution >= 0.6 is 0 Å². The van der Waals surface area contributed by atoms with Crippen molar-refractivity contribution < 1.29 is 0 Å². The lowest BCUT2D eigenvalue weighted by Crippen LogP contribution is -2.22. The Labute approximate surface area is 129 Å². The fraction of sp³-hybridized carbons (Fsp3) is 0.176. The molecule has 0 fully saturated rings. The van der Waals surface area contributed by atoms with E-state index in [-0.39, 0.29) is 5.56 Å². The van der Waals surface area contributed by atoms with Gasteiger partial charge < -0.3 is 4.48 Å². The van der Waals surface area contributed by atoms with Crippen molar-refractivity contribution in [2.24, 2.45) is 7.05 Å². The van der Waals surface area contributed by atoms with Crippen LogP contribution in [0.5, 0.6) is 0 Å². The number of hydrogen-bond acceptors (Lipinski definition) is 2. The van der Waals surface area contributed by atoms with Gasteiger partial charge in [-0.1, -0.05) is 30.9 Å². The van der Waals surface area contributed by atoms with Crippen LogP contribution in [0.3, 0.4) is 0 Å². The van der Waals surface area contributed by atoms with Crippen molar-refractivity contribution in [2.45, 2.75) is 13.3 Å². The van der Waals surface area contributed by atoms with E-state index in [0.717, 1.165) is 16.6 Å². The van der Waals surface area contributed by atoms with E-state index in [1.165, 1.54) is 4.48 Å². The minimum absolute atomic E-state index is 0.217. The van der Waals surface area contributed by atoms with E-state index in [0.29, 0.717) is 17.4 Å². The number of aryl methyl sites for hydroxylation is 2. The maximum atomic E-state index is 12.5. The van der Waals surface area contributed by atoms with E-state index in [4.69, 9.17) is 7.98 Å². The summed E-state index contributed by atoms with van der Waals surface area (Å²) in [6.45, 7) is 1.97. The second-order valence-corrected chi connectivity index (χ2v) is 5.09. The third-order valence-electron chi connectivity index (χ3n) is 3.57. The van der Waals surface area contributed by atoms with Gasteiger partial charge in [-0.25, -0.2) is 0 Å². The zero-order valence-electron chi connectivity index (χ0n) is 12.5. The van der Waals surface area contributed by atoms with E-state index >= 15 is 0 Å². The highest BCUT2D eigenvalue weighted by Gasteiger charge is 2.08. The third kappa shape index (κ3) is 2.44.